The number of aryl methyl sites for hydroxylation is 1. The summed E-state index contributed by atoms with van der Waals surface area (Å²) in [6.45, 7) is 2.51. The first-order valence-electron chi connectivity index (χ1n) is 10.5. The average molecular weight is 463 g/mol. The number of benzene rings is 1. The summed E-state index contributed by atoms with van der Waals surface area (Å²) in [5, 5.41) is 4.20. The normalized spacial score (nSPS) is 20.8. The van der Waals surface area contributed by atoms with Gasteiger partial charge < -0.3 is 5.73 Å². The van der Waals surface area contributed by atoms with E-state index in [-0.39, 0.29) is 35.5 Å². The molecule has 0 unspecified atom stereocenters. The smallest absolute Gasteiger partial charge is 0.248 e. The van der Waals surface area contributed by atoms with Crippen molar-refractivity contribution in [2.24, 2.45) is 5.41 Å². The Morgan fingerprint density at radius 2 is 1.84 bits per heavy atom. The van der Waals surface area contributed by atoms with E-state index in [4.69, 9.17) is 5.73 Å². The fraction of sp³-hybridized carbons (Fsp3) is 0.476. The topological polar surface area (TPSA) is 106 Å². The van der Waals surface area contributed by atoms with Gasteiger partial charge in [0.25, 0.3) is 0 Å². The van der Waals surface area contributed by atoms with Gasteiger partial charge in [-0.1, -0.05) is 6.07 Å². The van der Waals surface area contributed by atoms with E-state index in [1.54, 1.807) is 24.4 Å². The highest BCUT2D eigenvalue weighted by atomic mass is 32.2. The highest BCUT2D eigenvalue weighted by molar-refractivity contribution is 7.89. The molecule has 5 rings (SSSR count). The zero-order valence-corrected chi connectivity index (χ0v) is 18.4. The van der Waals surface area contributed by atoms with Gasteiger partial charge >= 0.3 is 0 Å². The molecule has 2 fully saturated rings. The summed E-state index contributed by atoms with van der Waals surface area (Å²) < 4.78 is 57.1. The summed E-state index contributed by atoms with van der Waals surface area (Å²) in [4.78, 5) is 8.36. The molecule has 11 heteroatoms. The summed E-state index contributed by atoms with van der Waals surface area (Å²) in [7, 11) is -3.78. The van der Waals surface area contributed by atoms with Crippen molar-refractivity contribution in [3.05, 3.63) is 36.3 Å². The fourth-order valence-corrected chi connectivity index (χ4v) is 6.44. The number of hydrogen-bond acceptors (Lipinski definition) is 6. The van der Waals surface area contributed by atoms with Crippen LogP contribution in [0.15, 0.2) is 35.6 Å². The maximum absolute atomic E-state index is 13.6. The largest absolute Gasteiger partial charge is 0.381 e. The lowest BCUT2D eigenvalue weighted by atomic mass is 9.72. The van der Waals surface area contributed by atoms with Gasteiger partial charge in [0, 0.05) is 31.5 Å². The Labute approximate surface area is 184 Å². The first-order chi connectivity index (χ1) is 15.1. The van der Waals surface area contributed by atoms with Crippen LogP contribution >= 0.6 is 0 Å². The van der Waals surface area contributed by atoms with Crippen molar-refractivity contribution in [2.45, 2.75) is 49.8 Å². The third kappa shape index (κ3) is 3.43. The standard InChI is InChI=1S/C21H24F2N6O2S/c1-14-2-3-15(10-16(14)17-11-25-19-18(24)26-13-27-29(17)19)32(30,31)28-9-8-20(12-28)4-6-21(22,23)7-5-20/h2-3,10-11,13H,4-9,12H2,1H3,(H2,24,26,27). The molecule has 1 aliphatic carbocycles. The number of halogens is 2. The van der Waals surface area contributed by atoms with E-state index in [0.717, 1.165) is 5.56 Å². The maximum Gasteiger partial charge on any atom is 0.248 e. The summed E-state index contributed by atoms with van der Waals surface area (Å²) in [6, 6.07) is 4.95. The molecule has 32 heavy (non-hydrogen) atoms. The molecule has 1 aliphatic heterocycles. The number of hydrogen-bond donors (Lipinski definition) is 1. The van der Waals surface area contributed by atoms with Crippen molar-refractivity contribution in [3.63, 3.8) is 0 Å². The summed E-state index contributed by atoms with van der Waals surface area (Å²) in [5.74, 6) is -2.40. The zero-order valence-electron chi connectivity index (χ0n) is 17.6. The number of alkyl halides is 2. The SMILES string of the molecule is Cc1ccc(S(=O)(=O)N2CCC3(CCC(F)(F)CC3)C2)cc1-c1cnc2c(N)ncnn12. The predicted molar refractivity (Wildman–Crippen MR) is 115 cm³/mol. The number of imidazole rings is 1. The Balaban J connectivity index is 1.47. The van der Waals surface area contributed by atoms with Gasteiger partial charge in [0.05, 0.1) is 16.8 Å². The molecule has 1 saturated heterocycles. The molecule has 0 amide bonds. The minimum atomic E-state index is -3.78. The van der Waals surface area contributed by atoms with Gasteiger partial charge in [-0.15, -0.1) is 0 Å². The van der Waals surface area contributed by atoms with E-state index in [9.17, 15) is 17.2 Å². The minimum absolute atomic E-state index is 0.160. The summed E-state index contributed by atoms with van der Waals surface area (Å²) in [5.41, 5.74) is 8.05. The van der Waals surface area contributed by atoms with Crippen LogP contribution in [0.25, 0.3) is 16.9 Å². The molecule has 1 spiro atoms. The van der Waals surface area contributed by atoms with E-state index in [2.05, 4.69) is 15.1 Å². The highest BCUT2D eigenvalue weighted by Crippen LogP contribution is 2.49. The zero-order chi connectivity index (χ0) is 22.7. The molecule has 0 bridgehead atoms. The third-order valence-electron chi connectivity index (χ3n) is 6.90. The number of rotatable bonds is 3. The van der Waals surface area contributed by atoms with Gasteiger partial charge in [-0.25, -0.2) is 31.7 Å². The van der Waals surface area contributed by atoms with Crippen LogP contribution in [0.4, 0.5) is 14.6 Å². The molecular weight excluding hydrogens is 438 g/mol. The van der Waals surface area contributed by atoms with Gasteiger partial charge in [0.15, 0.2) is 11.5 Å². The number of fused-ring (bicyclic) bond motifs is 1. The molecule has 0 radical (unpaired) electrons. The van der Waals surface area contributed by atoms with Crippen LogP contribution in [-0.4, -0.2) is 51.3 Å². The molecule has 0 atom stereocenters. The van der Waals surface area contributed by atoms with Crippen molar-refractivity contribution >= 4 is 21.5 Å². The van der Waals surface area contributed by atoms with E-state index >= 15 is 0 Å². The number of nitrogens with two attached hydrogens (primary N) is 1. The number of nitrogens with zero attached hydrogens (tertiary/aromatic N) is 5. The fourth-order valence-electron chi connectivity index (χ4n) is 4.86. The van der Waals surface area contributed by atoms with Crippen LogP contribution < -0.4 is 5.73 Å². The predicted octanol–water partition coefficient (Wildman–Crippen LogP) is 3.27. The maximum atomic E-state index is 13.6. The van der Waals surface area contributed by atoms with Crippen LogP contribution in [0, 0.1) is 12.3 Å². The molecule has 3 heterocycles. The van der Waals surface area contributed by atoms with Gasteiger partial charge in [-0.3, -0.25) is 0 Å². The van der Waals surface area contributed by atoms with Crippen LogP contribution in [0.5, 0.6) is 0 Å². The van der Waals surface area contributed by atoms with E-state index in [1.165, 1.54) is 15.1 Å². The van der Waals surface area contributed by atoms with Gasteiger partial charge in [0.1, 0.15) is 6.33 Å². The number of aromatic nitrogens is 4. The monoisotopic (exact) mass is 462 g/mol. The Bertz CT molecular complexity index is 1300. The van der Waals surface area contributed by atoms with Gasteiger partial charge in [-0.2, -0.15) is 9.40 Å². The first-order valence-corrected chi connectivity index (χ1v) is 12.0. The van der Waals surface area contributed by atoms with Crippen molar-refractivity contribution < 1.29 is 17.2 Å². The molecule has 1 saturated carbocycles. The Morgan fingerprint density at radius 1 is 1.09 bits per heavy atom. The van der Waals surface area contributed by atoms with E-state index in [0.29, 0.717) is 42.7 Å². The van der Waals surface area contributed by atoms with Crippen LogP contribution in [0.2, 0.25) is 0 Å². The average Bonchev–Trinajstić information content (AvgIpc) is 3.37. The van der Waals surface area contributed by atoms with Crippen LogP contribution in [0.1, 0.15) is 37.7 Å². The molecule has 3 aromatic rings. The lowest BCUT2D eigenvalue weighted by Crippen LogP contribution is -2.37. The van der Waals surface area contributed by atoms with Crippen molar-refractivity contribution in [2.75, 3.05) is 18.8 Å². The van der Waals surface area contributed by atoms with E-state index < -0.39 is 15.9 Å². The molecule has 8 nitrogen and oxygen atoms in total. The quantitative estimate of drug-likeness (QED) is 0.640. The van der Waals surface area contributed by atoms with Crippen molar-refractivity contribution in [3.8, 4) is 11.3 Å². The second-order valence-electron chi connectivity index (χ2n) is 8.95. The van der Waals surface area contributed by atoms with E-state index in [1.807, 2.05) is 6.92 Å². The number of nitrogen functional groups attached to an aromatic ring is 1. The lowest BCUT2D eigenvalue weighted by molar-refractivity contribution is -0.0638. The molecule has 2 N–H and O–H groups in total. The van der Waals surface area contributed by atoms with Gasteiger partial charge in [-0.05, 0) is 49.3 Å². The third-order valence-corrected chi connectivity index (χ3v) is 8.74. The van der Waals surface area contributed by atoms with Crippen LogP contribution in [-0.2, 0) is 10.0 Å². The van der Waals surface area contributed by atoms with Crippen LogP contribution in [0.3, 0.4) is 0 Å². The molecule has 2 aromatic heterocycles. The molecule has 1 aromatic carbocycles. The van der Waals surface area contributed by atoms with Crippen molar-refractivity contribution in [1.82, 2.24) is 23.9 Å². The minimum Gasteiger partial charge on any atom is -0.381 e. The Kier molecular flexibility index (Phi) is 4.75. The Hall–Kier alpha value is -2.66. The Morgan fingerprint density at radius 3 is 2.59 bits per heavy atom. The summed E-state index contributed by atoms with van der Waals surface area (Å²) in [6.07, 6.45) is 3.89. The lowest BCUT2D eigenvalue weighted by Gasteiger charge is -2.37. The molecule has 2 aliphatic rings. The highest BCUT2D eigenvalue weighted by Gasteiger charge is 2.48. The second-order valence-corrected chi connectivity index (χ2v) is 10.9. The molecular formula is C21H24F2N6O2S. The summed E-state index contributed by atoms with van der Waals surface area (Å²) >= 11 is 0. The number of anilines is 1. The van der Waals surface area contributed by atoms with Crippen molar-refractivity contribution in [1.29, 1.82) is 0 Å². The number of sulfonamides is 1. The second kappa shape index (κ2) is 7.17. The first kappa shape index (κ1) is 21.2. The van der Waals surface area contributed by atoms with Gasteiger partial charge in [0.2, 0.25) is 15.9 Å². The molecule has 170 valence electrons.